The summed E-state index contributed by atoms with van der Waals surface area (Å²) in [5.41, 5.74) is 5.30. The molecule has 1 atom stereocenters. The molecular weight excluding hydrogens is 150 g/mol. The van der Waals surface area contributed by atoms with Gasteiger partial charge in [-0.3, -0.25) is 0 Å². The molecule has 0 bridgehead atoms. The van der Waals surface area contributed by atoms with Gasteiger partial charge in [-0.15, -0.1) is 0 Å². The van der Waals surface area contributed by atoms with Gasteiger partial charge in [0.1, 0.15) is 12.5 Å². The van der Waals surface area contributed by atoms with Crippen molar-refractivity contribution in [2.45, 2.75) is 6.17 Å². The van der Waals surface area contributed by atoms with Crippen molar-refractivity contribution in [2.24, 2.45) is 0 Å². The first kappa shape index (κ1) is 7.91. The zero-order valence-corrected chi connectivity index (χ0v) is 5.80. The highest BCUT2D eigenvalue weighted by Gasteiger charge is 2.09. The van der Waals surface area contributed by atoms with E-state index < -0.39 is 12.8 Å². The van der Waals surface area contributed by atoms with Gasteiger partial charge in [0.25, 0.3) is 0 Å². The summed E-state index contributed by atoms with van der Waals surface area (Å²) in [6.07, 6.45) is -1.65. The molecule has 0 radical (unpaired) electrons. The predicted octanol–water partition coefficient (Wildman–Crippen LogP) is 1.64. The van der Waals surface area contributed by atoms with Crippen LogP contribution in [0.15, 0.2) is 18.2 Å². The number of hydrogen-bond acceptors (Lipinski definition) is 2. The fourth-order valence-electron chi connectivity index (χ4n) is 0.722. The highest BCUT2D eigenvalue weighted by atomic mass is 19.2. The lowest BCUT2D eigenvalue weighted by molar-refractivity contribution is 0.261. The zero-order valence-electron chi connectivity index (χ0n) is 5.80. The molecule has 0 spiro atoms. The lowest BCUT2D eigenvalue weighted by Crippen LogP contribution is -1.99. The first-order chi connectivity index (χ1) is 5.24. The number of nitrogens with two attached hydrogens (primary N) is 1. The lowest BCUT2D eigenvalue weighted by atomic mass is 10.2. The number of nitrogen functional groups attached to an aromatic ring is 1. The Morgan fingerprint density at radius 3 is 2.82 bits per heavy atom. The minimum Gasteiger partial charge on any atom is -0.384 e. The summed E-state index contributed by atoms with van der Waals surface area (Å²) in [5, 5.41) is 0. The van der Waals surface area contributed by atoms with Gasteiger partial charge >= 0.3 is 0 Å². The van der Waals surface area contributed by atoms with Gasteiger partial charge in [-0.25, -0.2) is 13.8 Å². The molecular formula is C7H8F2N2. The van der Waals surface area contributed by atoms with Crippen LogP contribution in [0.5, 0.6) is 0 Å². The number of halogens is 2. The van der Waals surface area contributed by atoms with Crippen LogP contribution in [0.2, 0.25) is 0 Å². The molecule has 11 heavy (non-hydrogen) atoms. The van der Waals surface area contributed by atoms with Crippen LogP contribution in [0.1, 0.15) is 11.9 Å². The van der Waals surface area contributed by atoms with Crippen LogP contribution in [0, 0.1) is 0 Å². The smallest absolute Gasteiger partial charge is 0.170 e. The van der Waals surface area contributed by atoms with Gasteiger partial charge in [-0.05, 0) is 12.1 Å². The molecule has 1 rings (SSSR count). The summed E-state index contributed by atoms with van der Waals surface area (Å²) < 4.78 is 24.3. The molecule has 1 unspecified atom stereocenters. The van der Waals surface area contributed by atoms with Crippen molar-refractivity contribution in [1.82, 2.24) is 4.98 Å². The first-order valence-corrected chi connectivity index (χ1v) is 3.16. The van der Waals surface area contributed by atoms with Crippen LogP contribution in [-0.4, -0.2) is 11.7 Å². The number of aromatic nitrogens is 1. The number of nitrogens with zero attached hydrogens (tertiary/aromatic N) is 1. The van der Waals surface area contributed by atoms with Crippen molar-refractivity contribution in [3.05, 3.63) is 23.9 Å². The van der Waals surface area contributed by atoms with E-state index in [9.17, 15) is 8.78 Å². The Morgan fingerprint density at radius 1 is 1.55 bits per heavy atom. The van der Waals surface area contributed by atoms with E-state index in [1.165, 1.54) is 12.1 Å². The van der Waals surface area contributed by atoms with Gasteiger partial charge in [0, 0.05) is 0 Å². The minimum absolute atomic E-state index is 0.0486. The Kier molecular flexibility index (Phi) is 2.36. The van der Waals surface area contributed by atoms with Crippen LogP contribution in [-0.2, 0) is 0 Å². The third-order valence-corrected chi connectivity index (χ3v) is 1.25. The van der Waals surface area contributed by atoms with Crippen LogP contribution < -0.4 is 5.73 Å². The van der Waals surface area contributed by atoms with Crippen molar-refractivity contribution < 1.29 is 8.78 Å². The van der Waals surface area contributed by atoms with Crippen LogP contribution in [0.4, 0.5) is 14.6 Å². The molecule has 0 amide bonds. The fourth-order valence-corrected chi connectivity index (χ4v) is 0.722. The van der Waals surface area contributed by atoms with E-state index in [0.29, 0.717) is 0 Å². The second-order valence-electron chi connectivity index (χ2n) is 2.11. The molecule has 0 saturated carbocycles. The van der Waals surface area contributed by atoms with E-state index in [4.69, 9.17) is 5.73 Å². The van der Waals surface area contributed by atoms with Crippen molar-refractivity contribution in [3.8, 4) is 0 Å². The van der Waals surface area contributed by atoms with E-state index in [-0.39, 0.29) is 11.5 Å². The fraction of sp³-hybridized carbons (Fsp3) is 0.286. The van der Waals surface area contributed by atoms with Gasteiger partial charge < -0.3 is 5.73 Å². The third-order valence-electron chi connectivity index (χ3n) is 1.25. The molecule has 4 heteroatoms. The third kappa shape index (κ3) is 1.86. The van der Waals surface area contributed by atoms with Gasteiger partial charge in [0.15, 0.2) is 6.17 Å². The van der Waals surface area contributed by atoms with E-state index >= 15 is 0 Å². The van der Waals surface area contributed by atoms with Gasteiger partial charge in [-0.1, -0.05) is 6.07 Å². The average molecular weight is 158 g/mol. The molecule has 1 aromatic heterocycles. The summed E-state index contributed by atoms with van der Waals surface area (Å²) in [4.78, 5) is 3.61. The molecule has 0 aliphatic rings. The maximum atomic E-state index is 12.6. The van der Waals surface area contributed by atoms with Crippen molar-refractivity contribution in [1.29, 1.82) is 0 Å². The Hall–Kier alpha value is -1.19. The second-order valence-corrected chi connectivity index (χ2v) is 2.11. The normalized spacial score (nSPS) is 12.9. The Morgan fingerprint density at radius 2 is 2.27 bits per heavy atom. The lowest BCUT2D eigenvalue weighted by Gasteiger charge is -2.02. The number of rotatable bonds is 2. The monoisotopic (exact) mass is 158 g/mol. The van der Waals surface area contributed by atoms with E-state index in [2.05, 4.69) is 4.98 Å². The summed E-state index contributed by atoms with van der Waals surface area (Å²) in [7, 11) is 0. The molecule has 2 N–H and O–H groups in total. The van der Waals surface area contributed by atoms with Crippen LogP contribution in [0.3, 0.4) is 0 Å². The summed E-state index contributed by atoms with van der Waals surface area (Å²) >= 11 is 0. The van der Waals surface area contributed by atoms with E-state index in [1.807, 2.05) is 0 Å². The quantitative estimate of drug-likeness (QED) is 0.710. The topological polar surface area (TPSA) is 38.9 Å². The zero-order chi connectivity index (χ0) is 8.27. The summed E-state index contributed by atoms with van der Waals surface area (Å²) in [6, 6.07) is 4.47. The number of pyridine rings is 1. The highest BCUT2D eigenvalue weighted by molar-refractivity contribution is 5.29. The Bertz CT molecular complexity index is 240. The molecule has 1 heterocycles. The molecule has 1 aromatic rings. The van der Waals surface area contributed by atoms with Crippen molar-refractivity contribution >= 4 is 5.82 Å². The molecule has 0 aliphatic carbocycles. The maximum absolute atomic E-state index is 12.6. The summed E-state index contributed by atoms with van der Waals surface area (Å²) in [5.74, 6) is 0.207. The standard InChI is InChI=1S/C7H8F2N2/c8-4-5(9)6-2-1-3-7(10)11-6/h1-3,5H,4H2,(H2,10,11). The van der Waals surface area contributed by atoms with Crippen molar-refractivity contribution in [2.75, 3.05) is 12.4 Å². The SMILES string of the molecule is Nc1cccc(C(F)CF)n1. The second kappa shape index (κ2) is 3.27. The molecule has 0 fully saturated rings. The van der Waals surface area contributed by atoms with Gasteiger partial charge in [0.05, 0.1) is 5.69 Å². The van der Waals surface area contributed by atoms with Crippen LogP contribution >= 0.6 is 0 Å². The highest BCUT2D eigenvalue weighted by Crippen LogP contribution is 2.15. The average Bonchev–Trinajstić information content (AvgIpc) is 2.03. The largest absolute Gasteiger partial charge is 0.384 e. The molecule has 0 aromatic carbocycles. The van der Waals surface area contributed by atoms with Gasteiger partial charge in [0.2, 0.25) is 0 Å². The van der Waals surface area contributed by atoms with E-state index in [0.717, 1.165) is 0 Å². The Balaban J connectivity index is 2.86. The van der Waals surface area contributed by atoms with Crippen LogP contribution in [0.25, 0.3) is 0 Å². The predicted molar refractivity (Wildman–Crippen MR) is 38.5 cm³/mol. The molecule has 0 aliphatic heterocycles. The molecule has 60 valence electrons. The molecule has 2 nitrogen and oxygen atoms in total. The first-order valence-electron chi connectivity index (χ1n) is 3.16. The van der Waals surface area contributed by atoms with E-state index in [1.54, 1.807) is 6.07 Å². The Labute approximate surface area is 63.1 Å². The van der Waals surface area contributed by atoms with Gasteiger partial charge in [-0.2, -0.15) is 0 Å². The number of anilines is 1. The maximum Gasteiger partial charge on any atom is 0.170 e. The number of hydrogen-bond donors (Lipinski definition) is 1. The molecule has 0 saturated heterocycles. The van der Waals surface area contributed by atoms with Crippen molar-refractivity contribution in [3.63, 3.8) is 0 Å². The number of alkyl halides is 2. The summed E-state index contributed by atoms with van der Waals surface area (Å²) in [6.45, 7) is -1.06. The minimum atomic E-state index is -1.65.